The van der Waals surface area contributed by atoms with Crippen molar-refractivity contribution in [2.45, 2.75) is 0 Å². The molecule has 0 radical (unpaired) electrons. The van der Waals surface area contributed by atoms with Gasteiger partial charge in [0.05, 0.1) is 0 Å². The second kappa shape index (κ2) is 6.08. The van der Waals surface area contributed by atoms with Gasteiger partial charge in [0.1, 0.15) is 5.52 Å². The minimum atomic E-state index is -0.584. The number of hydrogen-bond donors (Lipinski definition) is 3. The van der Waals surface area contributed by atoms with E-state index in [2.05, 4.69) is 9.71 Å². The topological polar surface area (TPSA) is 87.4 Å². The number of amides is 1. The molecule has 0 aliphatic carbocycles. The Kier molecular flexibility index (Phi) is 3.99. The first kappa shape index (κ1) is 14.4. The van der Waals surface area contributed by atoms with Crippen LogP contribution in [0.1, 0.15) is 10.4 Å². The van der Waals surface area contributed by atoms with Gasteiger partial charge >= 0.3 is 0 Å². The number of hydroxylamine groups is 1. The number of hydrogen-bond acceptors (Lipinski definition) is 6. The largest absolute Gasteiger partial charge is 0.436 e. The first-order valence-electron chi connectivity index (χ1n) is 6.45. The zero-order valence-electron chi connectivity index (χ0n) is 11.7. The minimum absolute atomic E-state index is 0.314. The van der Waals surface area contributed by atoms with Crippen LogP contribution in [0.3, 0.4) is 0 Å². The maximum Gasteiger partial charge on any atom is 0.274 e. The van der Waals surface area contributed by atoms with E-state index in [9.17, 15) is 4.79 Å². The summed E-state index contributed by atoms with van der Waals surface area (Å²) < 4.78 is 8.83. The zero-order valence-corrected chi connectivity index (χ0v) is 12.5. The van der Waals surface area contributed by atoms with Gasteiger partial charge in [0.2, 0.25) is 5.89 Å². The highest BCUT2D eigenvalue weighted by atomic mass is 32.2. The van der Waals surface area contributed by atoms with Crippen molar-refractivity contribution in [3.63, 3.8) is 0 Å². The fourth-order valence-corrected chi connectivity index (χ4v) is 2.43. The van der Waals surface area contributed by atoms with Crippen LogP contribution in [0.15, 0.2) is 46.9 Å². The van der Waals surface area contributed by atoms with E-state index >= 15 is 0 Å². The molecule has 1 aromatic heterocycles. The predicted molar refractivity (Wildman–Crippen MR) is 85.8 cm³/mol. The molecule has 0 spiro atoms. The summed E-state index contributed by atoms with van der Waals surface area (Å²) in [6, 6.07) is 12.5. The molecule has 0 saturated heterocycles. The van der Waals surface area contributed by atoms with Crippen LogP contribution in [-0.2, 0) is 0 Å². The van der Waals surface area contributed by atoms with Crippen LogP contribution < -0.4 is 10.2 Å². The van der Waals surface area contributed by atoms with Gasteiger partial charge in [-0.3, -0.25) is 10.0 Å². The van der Waals surface area contributed by atoms with Gasteiger partial charge in [-0.15, -0.1) is 0 Å². The van der Waals surface area contributed by atoms with Gasteiger partial charge in [0, 0.05) is 23.1 Å². The lowest BCUT2D eigenvalue weighted by Crippen LogP contribution is -2.18. The van der Waals surface area contributed by atoms with Gasteiger partial charge in [-0.05, 0) is 42.5 Å². The average molecular weight is 315 g/mol. The SMILES string of the molecule is CSNc1ccc(-c2nc3cc(C(=O)NO)ccc3o2)cc1. The van der Waals surface area contributed by atoms with Crippen LogP contribution in [0.4, 0.5) is 5.69 Å². The van der Waals surface area contributed by atoms with E-state index in [0.717, 1.165) is 11.3 Å². The monoisotopic (exact) mass is 315 g/mol. The minimum Gasteiger partial charge on any atom is -0.436 e. The fourth-order valence-electron chi connectivity index (χ4n) is 2.06. The Labute approximate surface area is 130 Å². The summed E-state index contributed by atoms with van der Waals surface area (Å²) in [5, 5.41) is 8.66. The maximum absolute atomic E-state index is 11.4. The predicted octanol–water partition coefficient (Wildman–Crippen LogP) is 3.30. The number of rotatable bonds is 4. The molecule has 0 atom stereocenters. The molecule has 3 N–H and O–H groups in total. The summed E-state index contributed by atoms with van der Waals surface area (Å²) in [6.07, 6.45) is 1.95. The van der Waals surface area contributed by atoms with Crippen molar-refractivity contribution >= 4 is 34.6 Å². The Morgan fingerprint density at radius 1 is 1.23 bits per heavy atom. The van der Waals surface area contributed by atoms with Gasteiger partial charge < -0.3 is 9.14 Å². The van der Waals surface area contributed by atoms with Crippen LogP contribution in [0.25, 0.3) is 22.6 Å². The Morgan fingerprint density at radius 2 is 2.00 bits per heavy atom. The molecular formula is C15H13N3O3S. The van der Waals surface area contributed by atoms with E-state index in [4.69, 9.17) is 9.62 Å². The average Bonchev–Trinajstić information content (AvgIpc) is 2.98. The van der Waals surface area contributed by atoms with Gasteiger partial charge in [0.15, 0.2) is 5.58 Å². The molecule has 3 aromatic rings. The highest BCUT2D eigenvalue weighted by molar-refractivity contribution is 7.99. The Bertz CT molecular complexity index is 815. The van der Waals surface area contributed by atoms with Crippen LogP contribution in [0.5, 0.6) is 0 Å². The number of nitrogens with zero attached hydrogens (tertiary/aromatic N) is 1. The molecule has 1 heterocycles. The molecule has 0 unspecified atom stereocenters. The zero-order chi connectivity index (χ0) is 15.5. The van der Waals surface area contributed by atoms with Crippen molar-refractivity contribution in [2.24, 2.45) is 0 Å². The Hall–Kier alpha value is -2.51. The number of anilines is 1. The number of oxazole rings is 1. The Balaban J connectivity index is 1.95. The summed E-state index contributed by atoms with van der Waals surface area (Å²) in [5.74, 6) is -0.105. The summed E-state index contributed by atoms with van der Waals surface area (Å²) in [7, 11) is 0. The lowest BCUT2D eigenvalue weighted by atomic mass is 10.2. The number of nitrogens with one attached hydrogen (secondary N) is 2. The van der Waals surface area contributed by atoms with Crippen LogP contribution >= 0.6 is 11.9 Å². The molecule has 0 saturated carbocycles. The number of fused-ring (bicyclic) bond motifs is 1. The third-order valence-electron chi connectivity index (χ3n) is 3.10. The molecule has 1 amide bonds. The molecule has 0 fully saturated rings. The van der Waals surface area contributed by atoms with E-state index in [-0.39, 0.29) is 0 Å². The molecule has 6 nitrogen and oxygen atoms in total. The number of benzene rings is 2. The van der Waals surface area contributed by atoms with Crippen molar-refractivity contribution in [1.29, 1.82) is 0 Å². The molecule has 0 bridgehead atoms. The van der Waals surface area contributed by atoms with E-state index in [1.54, 1.807) is 23.7 Å². The number of carbonyl (C=O) groups is 1. The third kappa shape index (κ3) is 2.76. The Morgan fingerprint density at radius 3 is 2.68 bits per heavy atom. The van der Waals surface area contributed by atoms with Crippen molar-refractivity contribution < 1.29 is 14.4 Å². The third-order valence-corrected chi connectivity index (χ3v) is 3.54. The van der Waals surface area contributed by atoms with Crippen LogP contribution in [-0.4, -0.2) is 22.4 Å². The first-order chi connectivity index (χ1) is 10.7. The highest BCUT2D eigenvalue weighted by Gasteiger charge is 2.11. The lowest BCUT2D eigenvalue weighted by Gasteiger charge is -2.01. The van der Waals surface area contributed by atoms with Crippen LogP contribution in [0, 0.1) is 0 Å². The van der Waals surface area contributed by atoms with Crippen molar-refractivity contribution in [3.8, 4) is 11.5 Å². The van der Waals surface area contributed by atoms with E-state index in [0.29, 0.717) is 22.6 Å². The van der Waals surface area contributed by atoms with Gasteiger partial charge in [-0.1, -0.05) is 11.9 Å². The van der Waals surface area contributed by atoms with Crippen molar-refractivity contribution in [1.82, 2.24) is 10.5 Å². The van der Waals surface area contributed by atoms with E-state index in [1.807, 2.05) is 30.5 Å². The second-order valence-corrected chi connectivity index (χ2v) is 5.14. The molecule has 2 aromatic carbocycles. The van der Waals surface area contributed by atoms with Crippen molar-refractivity contribution in [3.05, 3.63) is 48.0 Å². The number of carbonyl (C=O) groups excluding carboxylic acids is 1. The summed E-state index contributed by atoms with van der Waals surface area (Å²) >= 11 is 1.52. The smallest absolute Gasteiger partial charge is 0.274 e. The fraction of sp³-hybridized carbons (Fsp3) is 0.0667. The molecule has 0 aliphatic heterocycles. The summed E-state index contributed by atoms with van der Waals surface area (Å²) in [6.45, 7) is 0. The normalized spacial score (nSPS) is 10.6. The first-order valence-corrected chi connectivity index (χ1v) is 7.68. The van der Waals surface area contributed by atoms with Crippen LogP contribution in [0.2, 0.25) is 0 Å². The maximum atomic E-state index is 11.4. The molecule has 22 heavy (non-hydrogen) atoms. The molecule has 112 valence electrons. The highest BCUT2D eigenvalue weighted by Crippen LogP contribution is 2.26. The van der Waals surface area contributed by atoms with Crippen molar-refractivity contribution in [2.75, 3.05) is 11.0 Å². The number of aromatic nitrogens is 1. The molecule has 3 rings (SSSR count). The lowest BCUT2D eigenvalue weighted by molar-refractivity contribution is 0.0706. The van der Waals surface area contributed by atoms with E-state index < -0.39 is 5.91 Å². The quantitative estimate of drug-likeness (QED) is 0.389. The second-order valence-electron chi connectivity index (χ2n) is 4.53. The summed E-state index contributed by atoms with van der Waals surface area (Å²) in [4.78, 5) is 15.8. The van der Waals surface area contributed by atoms with Gasteiger partial charge in [-0.2, -0.15) is 0 Å². The van der Waals surface area contributed by atoms with Gasteiger partial charge in [0.25, 0.3) is 5.91 Å². The van der Waals surface area contributed by atoms with E-state index in [1.165, 1.54) is 11.9 Å². The standard InChI is InChI=1S/C15H13N3O3S/c1-22-18-11-5-2-9(3-6-11)15-16-12-8-10(14(19)17-20)4-7-13(12)21-15/h2-8,18,20H,1H3,(H,17,19). The molecule has 7 heteroatoms. The molecule has 0 aliphatic rings. The molecular weight excluding hydrogens is 302 g/mol. The summed E-state index contributed by atoms with van der Waals surface area (Å²) in [5.41, 5.74) is 4.89. The van der Waals surface area contributed by atoms with Gasteiger partial charge in [-0.25, -0.2) is 10.5 Å².